The number of hydrogen-bond acceptors (Lipinski definition) is 8. The molecule has 0 spiro atoms. The Morgan fingerprint density at radius 3 is 2.54 bits per heavy atom. The maximum atomic E-state index is 13.3. The molecule has 4 rings (SSSR count). The molecule has 1 fully saturated rings. The van der Waals surface area contributed by atoms with Crippen molar-refractivity contribution in [1.29, 1.82) is 0 Å². The molecule has 0 aromatic carbocycles. The lowest BCUT2D eigenvalue weighted by Gasteiger charge is -2.38. The zero-order valence-corrected chi connectivity index (χ0v) is 23.0. The van der Waals surface area contributed by atoms with Crippen molar-refractivity contribution in [3.8, 4) is 0 Å². The fourth-order valence-electron chi connectivity index (χ4n) is 4.79. The second-order valence-electron chi connectivity index (χ2n) is 10.3. The highest BCUT2D eigenvalue weighted by Crippen LogP contribution is 2.28. The highest BCUT2D eigenvalue weighted by Gasteiger charge is 2.33. The van der Waals surface area contributed by atoms with Crippen molar-refractivity contribution in [3.63, 3.8) is 0 Å². The van der Waals surface area contributed by atoms with Crippen LogP contribution in [0.1, 0.15) is 31.9 Å². The summed E-state index contributed by atoms with van der Waals surface area (Å²) in [6.45, 7) is 5.47. The summed E-state index contributed by atoms with van der Waals surface area (Å²) in [5.41, 5.74) is -0.332. The number of nitrogens with one attached hydrogen (secondary N) is 2. The first-order chi connectivity index (χ1) is 18.5. The molecular formula is C26H34FN5O6S. The number of allylic oxidation sites excluding steroid dienone is 4. The third kappa shape index (κ3) is 7.10. The smallest absolute Gasteiger partial charge is 0.313 e. The molecule has 0 bridgehead atoms. The van der Waals surface area contributed by atoms with Crippen LogP contribution in [-0.4, -0.2) is 92.1 Å². The van der Waals surface area contributed by atoms with Gasteiger partial charge in [-0.3, -0.25) is 14.5 Å². The van der Waals surface area contributed by atoms with Gasteiger partial charge in [-0.15, -0.1) is 0 Å². The van der Waals surface area contributed by atoms with Crippen LogP contribution in [0.25, 0.3) is 0 Å². The molecule has 1 aromatic heterocycles. The van der Waals surface area contributed by atoms with Gasteiger partial charge in [-0.05, 0) is 38.2 Å². The minimum Gasteiger partial charge on any atom is -0.448 e. The van der Waals surface area contributed by atoms with Crippen LogP contribution < -0.4 is 10.6 Å². The number of methoxy groups -OCH3 is 1. The summed E-state index contributed by atoms with van der Waals surface area (Å²) in [5.74, 6) is -1.19. The number of aromatic nitrogens is 1. The van der Waals surface area contributed by atoms with Crippen LogP contribution in [0.15, 0.2) is 64.1 Å². The molecule has 1 saturated heterocycles. The van der Waals surface area contributed by atoms with Gasteiger partial charge in [0.1, 0.15) is 11.9 Å². The molecule has 1 aromatic rings. The fraction of sp³-hybridized carbons (Fsp3) is 0.500. The maximum Gasteiger partial charge on any atom is 0.313 e. The number of piperazine rings is 1. The van der Waals surface area contributed by atoms with E-state index in [-0.39, 0.29) is 30.3 Å². The largest absolute Gasteiger partial charge is 0.448 e. The van der Waals surface area contributed by atoms with E-state index in [1.807, 2.05) is 11.0 Å². The van der Waals surface area contributed by atoms with Gasteiger partial charge in [0.15, 0.2) is 6.39 Å². The monoisotopic (exact) mass is 563 g/mol. The number of alkyl halides is 1. The van der Waals surface area contributed by atoms with Gasteiger partial charge in [-0.1, -0.05) is 12.2 Å². The molecule has 2 N–H and O–H groups in total. The molecule has 2 heterocycles. The van der Waals surface area contributed by atoms with Gasteiger partial charge in [0.25, 0.3) is 0 Å². The number of amides is 2. The van der Waals surface area contributed by atoms with E-state index < -0.39 is 39.7 Å². The minimum atomic E-state index is -3.68. The second-order valence-corrected chi connectivity index (χ2v) is 12.2. The van der Waals surface area contributed by atoms with Crippen LogP contribution in [0.4, 0.5) is 4.39 Å². The summed E-state index contributed by atoms with van der Waals surface area (Å²) in [4.78, 5) is 31.4. The molecule has 39 heavy (non-hydrogen) atoms. The van der Waals surface area contributed by atoms with E-state index in [4.69, 9.17) is 9.15 Å². The van der Waals surface area contributed by atoms with Crippen LogP contribution >= 0.6 is 0 Å². The van der Waals surface area contributed by atoms with E-state index in [0.29, 0.717) is 31.1 Å². The third-order valence-corrected chi connectivity index (χ3v) is 8.69. The zero-order chi connectivity index (χ0) is 28.2. The maximum absolute atomic E-state index is 13.3. The molecule has 1 aliphatic heterocycles. The average molecular weight is 564 g/mol. The van der Waals surface area contributed by atoms with Gasteiger partial charge >= 0.3 is 11.8 Å². The van der Waals surface area contributed by atoms with E-state index >= 15 is 0 Å². The highest BCUT2D eigenvalue weighted by atomic mass is 32.2. The van der Waals surface area contributed by atoms with Crippen LogP contribution in [0.2, 0.25) is 0 Å². The summed E-state index contributed by atoms with van der Waals surface area (Å²) in [6.07, 6.45) is 10.6. The summed E-state index contributed by atoms with van der Waals surface area (Å²) < 4.78 is 51.3. The Kier molecular flexibility index (Phi) is 8.84. The van der Waals surface area contributed by atoms with Gasteiger partial charge in [-0.25, -0.2) is 17.8 Å². The van der Waals surface area contributed by atoms with Gasteiger partial charge in [0.05, 0.1) is 23.1 Å². The summed E-state index contributed by atoms with van der Waals surface area (Å²) in [7, 11) is -2.14. The number of hydrogen-bond donors (Lipinski definition) is 2. The molecule has 2 aliphatic carbocycles. The molecule has 212 valence electrons. The van der Waals surface area contributed by atoms with Crippen molar-refractivity contribution in [3.05, 3.63) is 65.4 Å². The zero-order valence-electron chi connectivity index (χ0n) is 22.2. The first kappa shape index (κ1) is 28.9. The van der Waals surface area contributed by atoms with Crippen molar-refractivity contribution in [2.24, 2.45) is 0 Å². The van der Waals surface area contributed by atoms with Gasteiger partial charge in [-0.2, -0.15) is 4.31 Å². The lowest BCUT2D eigenvalue weighted by Crippen LogP contribution is -2.58. The molecule has 0 saturated carbocycles. The molecule has 13 heteroatoms. The molecule has 3 aliphatic rings. The Hall–Kier alpha value is -3.13. The first-order valence-electron chi connectivity index (χ1n) is 12.7. The predicted octanol–water partition coefficient (Wildman–Crippen LogP) is 1.37. The van der Waals surface area contributed by atoms with E-state index in [1.54, 1.807) is 39.3 Å². The number of sulfonamides is 1. The van der Waals surface area contributed by atoms with E-state index in [1.165, 1.54) is 28.9 Å². The quantitative estimate of drug-likeness (QED) is 0.453. The van der Waals surface area contributed by atoms with Crippen molar-refractivity contribution in [2.75, 3.05) is 39.8 Å². The van der Waals surface area contributed by atoms with Crippen LogP contribution in [0.3, 0.4) is 0 Å². The van der Waals surface area contributed by atoms with Crippen molar-refractivity contribution >= 4 is 21.8 Å². The van der Waals surface area contributed by atoms with Crippen LogP contribution in [-0.2, 0) is 24.3 Å². The lowest BCUT2D eigenvalue weighted by molar-refractivity contribution is -0.139. The molecular weight excluding hydrogens is 529 g/mol. The standard InChI is InChI=1S/C26H34FN5O6S/c1-26(2,16-31-10-12-32(13-11-31)39(35,36)20-7-4-18(27)5-8-20)30-25(34)24(33)29-19-6-9-21(22(14-19)37-3)23-15-28-17-38-23/h4,6-9,14-15,17-18,21-22H,5,10-13,16H2,1-3H3,(H,29,33)(H,30,34). The molecule has 11 nitrogen and oxygen atoms in total. The SMILES string of the molecule is COC1C=C(NC(=O)C(=O)NC(C)(C)CN2CCN(S(=O)(=O)C3=CCC(F)C=C3)CC2)C=CC1c1cnco1. The molecule has 3 unspecified atom stereocenters. The summed E-state index contributed by atoms with van der Waals surface area (Å²) in [5, 5.41) is 5.37. The predicted molar refractivity (Wildman–Crippen MR) is 141 cm³/mol. The van der Waals surface area contributed by atoms with Gasteiger partial charge in [0, 0.05) is 57.5 Å². The van der Waals surface area contributed by atoms with Gasteiger partial charge in [0.2, 0.25) is 10.0 Å². The molecule has 2 amide bonds. The summed E-state index contributed by atoms with van der Waals surface area (Å²) >= 11 is 0. The number of carbonyl (C=O) groups excluding carboxylic acids is 2. The van der Waals surface area contributed by atoms with E-state index in [2.05, 4.69) is 15.6 Å². The highest BCUT2D eigenvalue weighted by molar-refractivity contribution is 7.93. The second kappa shape index (κ2) is 11.9. The Morgan fingerprint density at radius 2 is 1.92 bits per heavy atom. The minimum absolute atomic E-state index is 0.0518. The Bertz CT molecular complexity index is 1280. The number of carbonyl (C=O) groups is 2. The molecule has 3 atom stereocenters. The van der Waals surface area contributed by atoms with E-state index in [9.17, 15) is 22.4 Å². The van der Waals surface area contributed by atoms with Crippen molar-refractivity contribution in [2.45, 2.75) is 44.0 Å². The fourth-order valence-corrected chi connectivity index (χ4v) is 6.29. The van der Waals surface area contributed by atoms with Crippen LogP contribution in [0, 0.1) is 0 Å². The number of oxazole rings is 1. The Balaban J connectivity index is 1.26. The molecule has 0 radical (unpaired) electrons. The topological polar surface area (TPSA) is 134 Å². The number of halogens is 1. The van der Waals surface area contributed by atoms with Crippen molar-refractivity contribution in [1.82, 2.24) is 24.8 Å². The van der Waals surface area contributed by atoms with Crippen molar-refractivity contribution < 1.29 is 31.6 Å². The Labute approximate surface area is 227 Å². The van der Waals surface area contributed by atoms with Gasteiger partial charge < -0.3 is 19.8 Å². The Morgan fingerprint density at radius 1 is 1.18 bits per heavy atom. The number of rotatable bonds is 8. The third-order valence-electron chi connectivity index (χ3n) is 6.75. The van der Waals surface area contributed by atoms with E-state index in [0.717, 1.165) is 0 Å². The first-order valence-corrected chi connectivity index (χ1v) is 14.1. The lowest BCUT2D eigenvalue weighted by atomic mass is 9.94. The number of ether oxygens (including phenoxy) is 1. The normalized spacial score (nSPS) is 24.7. The van der Waals surface area contributed by atoms with Crippen LogP contribution in [0.5, 0.6) is 0 Å². The number of nitrogens with zero attached hydrogens (tertiary/aromatic N) is 3. The summed E-state index contributed by atoms with van der Waals surface area (Å²) in [6, 6.07) is 0. The average Bonchev–Trinajstić information content (AvgIpc) is 3.43.